The van der Waals surface area contributed by atoms with Crippen LogP contribution in [0, 0.1) is 0 Å². The van der Waals surface area contributed by atoms with E-state index in [-0.39, 0.29) is 59.8 Å². The Balaban J connectivity index is 1.49. The predicted molar refractivity (Wildman–Crippen MR) is 195 cm³/mol. The van der Waals surface area contributed by atoms with E-state index in [0.29, 0.717) is 11.1 Å². The molecule has 0 bridgehead atoms. The van der Waals surface area contributed by atoms with Crippen molar-refractivity contribution in [1.29, 1.82) is 0 Å². The van der Waals surface area contributed by atoms with Crippen LogP contribution in [0.25, 0.3) is 87.6 Å². The third-order valence-electron chi connectivity index (χ3n) is 9.19. The third-order valence-corrected chi connectivity index (χ3v) is 9.19. The first-order valence-corrected chi connectivity index (χ1v) is 14.7. The van der Waals surface area contributed by atoms with Gasteiger partial charge in [-0.2, -0.15) is 0 Å². The van der Waals surface area contributed by atoms with Crippen molar-refractivity contribution in [2.24, 2.45) is 0 Å². The van der Waals surface area contributed by atoms with Crippen LogP contribution < -0.4 is 0 Å². The van der Waals surface area contributed by atoms with Gasteiger partial charge >= 0.3 is 0 Å². The molecule has 0 aliphatic heterocycles. The maximum atomic E-state index is 9.85. The van der Waals surface area contributed by atoms with Gasteiger partial charge in [0.15, 0.2) is 0 Å². The number of rotatable bonds is 2. The zero-order valence-corrected chi connectivity index (χ0v) is 24.4. The Labute approximate surface area is 291 Å². The third kappa shape index (κ3) is 3.35. The van der Waals surface area contributed by atoms with Crippen molar-refractivity contribution in [3.63, 3.8) is 0 Å². The number of hydrogen-bond donors (Lipinski definition) is 0. The SMILES string of the molecule is [2H]c1c(-c2c3c([2H])c([2H])c([2H])c([2H])c3c(-c3cccc4c3-c3ccccc3C4(C)C)c3c([2H])c([2H])c([2H])c([2H])c23)c([2H])c2c(oc3c4c([2H])c([2H])c([2H])c([2H])c4c([2H])c([2H])c32)c1[2H]. The predicted octanol–water partition coefficient (Wildman–Crippen LogP) is 12.7. The molecule has 1 aliphatic carbocycles. The summed E-state index contributed by atoms with van der Waals surface area (Å²) in [7, 11) is 0. The average Bonchev–Trinajstić information content (AvgIpc) is 3.78. The number of benzene rings is 8. The van der Waals surface area contributed by atoms with Crippen LogP contribution in [-0.4, -0.2) is 0 Å². The minimum Gasteiger partial charge on any atom is -0.455 e. The number of hydrogen-bond acceptors (Lipinski definition) is 1. The van der Waals surface area contributed by atoms with Crippen molar-refractivity contribution in [2.45, 2.75) is 19.3 Å². The van der Waals surface area contributed by atoms with Crippen LogP contribution in [0.3, 0.4) is 0 Å². The molecule has 0 N–H and O–H groups in total. The Morgan fingerprint density at radius 3 is 1.89 bits per heavy atom. The Kier molecular flexibility index (Phi) is 2.83. The fourth-order valence-electron chi connectivity index (χ4n) is 7.14. The second-order valence-electron chi connectivity index (χ2n) is 11.9. The van der Waals surface area contributed by atoms with E-state index in [2.05, 4.69) is 0 Å². The molecule has 0 spiro atoms. The van der Waals surface area contributed by atoms with Gasteiger partial charge in [-0.05, 0) is 89.6 Å². The molecule has 0 saturated heterocycles. The van der Waals surface area contributed by atoms with Crippen molar-refractivity contribution in [2.75, 3.05) is 0 Å². The van der Waals surface area contributed by atoms with Crippen LogP contribution in [0.2, 0.25) is 0 Å². The summed E-state index contributed by atoms with van der Waals surface area (Å²) in [5.74, 6) is 0. The van der Waals surface area contributed by atoms with E-state index in [1.807, 2.05) is 44.2 Å². The quantitative estimate of drug-likeness (QED) is 0.179. The van der Waals surface area contributed by atoms with Gasteiger partial charge in [-0.1, -0.05) is 141 Å². The van der Waals surface area contributed by atoms with E-state index in [1.54, 1.807) is 12.1 Å². The number of furan rings is 1. The molecular formula is C45H30O. The maximum Gasteiger partial charge on any atom is 0.143 e. The summed E-state index contributed by atoms with van der Waals surface area (Å²) in [6.07, 6.45) is 0. The first-order chi connectivity index (χ1) is 29.7. The van der Waals surface area contributed by atoms with E-state index in [0.717, 1.165) is 16.7 Å². The second-order valence-corrected chi connectivity index (χ2v) is 11.9. The standard InChI is InChI=1S/C45H30O/c1-45(2)38-20-10-9-18-35(38)43-36(19-11-21-39(43)45)42-32-16-7-5-14-30(32)41(31-15-6-8-17-33(31)42)28-23-25-40-37(26-28)34-24-22-27-12-3-4-13-29(27)44(34)46-40/h3-26H,1-2H3/i3D,4D,5D,6D,7D,8D,12D,13D,14D,15D,16D,17D,22D,23D,24D,25D,26D. The summed E-state index contributed by atoms with van der Waals surface area (Å²) in [5.41, 5.74) is 1.63. The fraction of sp³-hybridized carbons (Fsp3) is 0.0667. The van der Waals surface area contributed by atoms with E-state index in [4.69, 9.17) is 18.1 Å². The molecule has 1 heteroatoms. The van der Waals surface area contributed by atoms with Gasteiger partial charge in [0, 0.05) is 21.6 Å². The monoisotopic (exact) mass is 603 g/mol. The van der Waals surface area contributed by atoms with Crippen molar-refractivity contribution in [3.8, 4) is 33.4 Å². The Hall–Kier alpha value is -5.66. The topological polar surface area (TPSA) is 13.1 Å². The highest BCUT2D eigenvalue weighted by atomic mass is 16.3. The van der Waals surface area contributed by atoms with Crippen LogP contribution in [0.15, 0.2) is 150 Å². The maximum absolute atomic E-state index is 9.85. The minimum absolute atomic E-state index is 0.0685. The lowest BCUT2D eigenvalue weighted by atomic mass is 9.80. The Morgan fingerprint density at radius 2 is 1.13 bits per heavy atom. The first-order valence-electron chi connectivity index (χ1n) is 23.2. The van der Waals surface area contributed by atoms with Crippen molar-refractivity contribution in [1.82, 2.24) is 0 Å². The van der Waals surface area contributed by atoms with Gasteiger partial charge in [0.05, 0.1) is 23.3 Å². The van der Waals surface area contributed by atoms with Crippen LogP contribution in [-0.2, 0) is 5.41 Å². The van der Waals surface area contributed by atoms with E-state index in [9.17, 15) is 9.60 Å². The molecule has 0 fully saturated rings. The first kappa shape index (κ1) is 14.2. The average molecular weight is 604 g/mol. The van der Waals surface area contributed by atoms with Gasteiger partial charge in [-0.25, -0.2) is 0 Å². The molecule has 46 heavy (non-hydrogen) atoms. The molecule has 216 valence electrons. The molecule has 8 aromatic carbocycles. The van der Waals surface area contributed by atoms with Crippen molar-refractivity contribution in [3.05, 3.63) is 156 Å². The highest BCUT2D eigenvalue weighted by molar-refractivity contribution is 6.24. The molecular weight excluding hydrogens is 556 g/mol. The molecule has 1 nitrogen and oxygen atoms in total. The molecule has 0 saturated carbocycles. The summed E-state index contributed by atoms with van der Waals surface area (Å²) in [6, 6.07) is 2.13. The number of fused-ring (bicyclic) bond motifs is 10. The van der Waals surface area contributed by atoms with Crippen LogP contribution >= 0.6 is 0 Å². The summed E-state index contributed by atoms with van der Waals surface area (Å²) < 4.78 is 160. The smallest absolute Gasteiger partial charge is 0.143 e. The molecule has 0 amide bonds. The van der Waals surface area contributed by atoms with Gasteiger partial charge in [0.1, 0.15) is 11.2 Å². The van der Waals surface area contributed by atoms with Gasteiger partial charge in [-0.15, -0.1) is 0 Å². The lowest BCUT2D eigenvalue weighted by Crippen LogP contribution is -2.14. The fourth-order valence-corrected chi connectivity index (χ4v) is 7.14. The summed E-state index contributed by atoms with van der Waals surface area (Å²) in [5, 5.41) is -2.15. The Bertz CT molecular complexity index is 3600. The van der Waals surface area contributed by atoms with Crippen LogP contribution in [0.4, 0.5) is 0 Å². The highest BCUT2D eigenvalue weighted by Gasteiger charge is 2.37. The van der Waals surface area contributed by atoms with Crippen molar-refractivity contribution >= 4 is 54.3 Å². The molecule has 0 unspecified atom stereocenters. The lowest BCUT2D eigenvalue weighted by molar-refractivity contribution is 0.660. The van der Waals surface area contributed by atoms with Gasteiger partial charge in [-0.3, -0.25) is 0 Å². The molecule has 1 heterocycles. The summed E-state index contributed by atoms with van der Waals surface area (Å²) in [6.45, 7) is 4.09. The zero-order valence-electron chi connectivity index (χ0n) is 41.4. The largest absolute Gasteiger partial charge is 0.455 e. The van der Waals surface area contributed by atoms with Crippen LogP contribution in [0.5, 0.6) is 0 Å². The highest BCUT2D eigenvalue weighted by Crippen LogP contribution is 2.54. The van der Waals surface area contributed by atoms with E-state index < -0.39 is 119 Å². The molecule has 0 atom stereocenters. The van der Waals surface area contributed by atoms with Crippen LogP contribution in [0.1, 0.15) is 48.3 Å². The molecule has 10 rings (SSSR count). The summed E-state index contributed by atoms with van der Waals surface area (Å²) >= 11 is 0. The van der Waals surface area contributed by atoms with E-state index >= 15 is 0 Å². The zero-order chi connectivity index (χ0) is 45.4. The summed E-state index contributed by atoms with van der Waals surface area (Å²) in [4.78, 5) is 0. The minimum atomic E-state index is -0.734. The lowest BCUT2D eigenvalue weighted by Gasteiger charge is -2.22. The van der Waals surface area contributed by atoms with Gasteiger partial charge < -0.3 is 4.42 Å². The normalized spacial score (nSPS) is 18.8. The van der Waals surface area contributed by atoms with E-state index in [1.165, 1.54) is 0 Å². The van der Waals surface area contributed by atoms with Gasteiger partial charge in [0.25, 0.3) is 0 Å². The second kappa shape index (κ2) is 9.19. The molecule has 0 radical (unpaired) electrons. The molecule has 1 aliphatic rings. The van der Waals surface area contributed by atoms with Crippen molar-refractivity contribution < 1.29 is 27.7 Å². The Morgan fingerprint density at radius 1 is 0.500 bits per heavy atom. The van der Waals surface area contributed by atoms with Gasteiger partial charge in [0.2, 0.25) is 0 Å². The molecule has 1 aromatic heterocycles. The molecule has 9 aromatic rings.